The summed E-state index contributed by atoms with van der Waals surface area (Å²) in [5.74, 6) is 0. The minimum atomic E-state index is -4.32. The van der Waals surface area contributed by atoms with Crippen LogP contribution in [0.5, 0.6) is 0 Å². The summed E-state index contributed by atoms with van der Waals surface area (Å²) < 4.78 is 11.4. The normalized spacial score (nSPS) is 13.5. The summed E-state index contributed by atoms with van der Waals surface area (Å²) in [5, 5.41) is 2.33. The molecular formula is C16H28NO4P. The summed E-state index contributed by atoms with van der Waals surface area (Å²) in [6.07, 6.45) is 8.04. The molecule has 0 saturated carbocycles. The van der Waals surface area contributed by atoms with Gasteiger partial charge in [0.1, 0.15) is 0 Å². The van der Waals surface area contributed by atoms with Crippen molar-refractivity contribution in [2.24, 2.45) is 0 Å². The SMILES string of the molecule is CC(C)=CCCC(C)=CCCC(C)=C(CNC=O)P(=O)(O)O. The highest BCUT2D eigenvalue weighted by Gasteiger charge is 2.22. The fraction of sp³-hybridized carbons (Fsp3) is 0.562. The van der Waals surface area contributed by atoms with E-state index in [1.54, 1.807) is 6.92 Å². The number of amides is 1. The average Bonchev–Trinajstić information content (AvgIpc) is 2.37. The van der Waals surface area contributed by atoms with Crippen molar-refractivity contribution in [3.63, 3.8) is 0 Å². The largest absolute Gasteiger partial charge is 0.354 e. The minimum absolute atomic E-state index is 0.00944. The van der Waals surface area contributed by atoms with Gasteiger partial charge in [0.15, 0.2) is 0 Å². The third-order valence-electron chi connectivity index (χ3n) is 3.30. The lowest BCUT2D eigenvalue weighted by molar-refractivity contribution is -0.109. The highest BCUT2D eigenvalue weighted by atomic mass is 31.2. The Bertz CT molecular complexity index is 496. The molecule has 0 fully saturated rings. The van der Waals surface area contributed by atoms with E-state index < -0.39 is 7.60 Å². The lowest BCUT2D eigenvalue weighted by Gasteiger charge is -2.13. The maximum absolute atomic E-state index is 11.4. The van der Waals surface area contributed by atoms with E-state index in [0.717, 1.165) is 19.3 Å². The number of carbonyl (C=O) groups excluding carboxylic acids is 1. The molecule has 0 aromatic carbocycles. The highest BCUT2D eigenvalue weighted by Crippen LogP contribution is 2.46. The molecule has 22 heavy (non-hydrogen) atoms. The van der Waals surface area contributed by atoms with Gasteiger partial charge in [-0.1, -0.05) is 28.9 Å². The molecule has 1 amide bonds. The Morgan fingerprint density at radius 2 is 1.64 bits per heavy atom. The van der Waals surface area contributed by atoms with Crippen molar-refractivity contribution in [1.29, 1.82) is 0 Å². The van der Waals surface area contributed by atoms with Crippen LogP contribution in [0, 0.1) is 0 Å². The summed E-state index contributed by atoms with van der Waals surface area (Å²) in [7, 11) is -4.32. The highest BCUT2D eigenvalue weighted by molar-refractivity contribution is 7.56. The number of nitrogens with one attached hydrogen (secondary N) is 1. The summed E-state index contributed by atoms with van der Waals surface area (Å²) in [6.45, 7) is 7.81. The maximum atomic E-state index is 11.4. The molecule has 0 atom stereocenters. The molecule has 0 rings (SSSR count). The number of carbonyl (C=O) groups is 1. The zero-order valence-electron chi connectivity index (χ0n) is 13.9. The first kappa shape index (κ1) is 20.8. The molecule has 0 radical (unpaired) electrons. The van der Waals surface area contributed by atoms with Crippen molar-refractivity contribution >= 4 is 14.0 Å². The molecule has 5 nitrogen and oxygen atoms in total. The second-order valence-electron chi connectivity index (χ2n) is 5.68. The van der Waals surface area contributed by atoms with E-state index in [0.29, 0.717) is 18.4 Å². The summed E-state index contributed by atoms with van der Waals surface area (Å²) in [5.41, 5.74) is 3.21. The lowest BCUT2D eigenvalue weighted by atomic mass is 10.1. The molecule has 0 aliphatic carbocycles. The Hall–Kier alpha value is -1.16. The maximum Gasteiger partial charge on any atom is 0.353 e. The van der Waals surface area contributed by atoms with Gasteiger partial charge in [-0.05, 0) is 53.4 Å². The smallest absolute Gasteiger partial charge is 0.353 e. The van der Waals surface area contributed by atoms with Crippen LogP contribution >= 0.6 is 7.60 Å². The molecule has 3 N–H and O–H groups in total. The van der Waals surface area contributed by atoms with E-state index in [-0.39, 0.29) is 11.9 Å². The van der Waals surface area contributed by atoms with Crippen LogP contribution in [0.1, 0.15) is 53.4 Å². The Morgan fingerprint density at radius 1 is 1.05 bits per heavy atom. The molecule has 0 saturated heterocycles. The van der Waals surface area contributed by atoms with Gasteiger partial charge in [-0.2, -0.15) is 0 Å². The topological polar surface area (TPSA) is 86.6 Å². The van der Waals surface area contributed by atoms with Gasteiger partial charge in [-0.15, -0.1) is 0 Å². The van der Waals surface area contributed by atoms with Crippen LogP contribution in [-0.2, 0) is 9.36 Å². The van der Waals surface area contributed by atoms with Gasteiger partial charge in [0.25, 0.3) is 0 Å². The van der Waals surface area contributed by atoms with Crippen LogP contribution in [0.4, 0.5) is 0 Å². The number of allylic oxidation sites excluding steroid dienone is 5. The van der Waals surface area contributed by atoms with E-state index in [1.807, 2.05) is 0 Å². The van der Waals surface area contributed by atoms with Gasteiger partial charge in [0.05, 0.1) is 11.9 Å². The zero-order chi connectivity index (χ0) is 17.2. The van der Waals surface area contributed by atoms with Gasteiger partial charge in [0.2, 0.25) is 6.41 Å². The number of hydrogen-bond acceptors (Lipinski definition) is 2. The monoisotopic (exact) mass is 329 g/mol. The van der Waals surface area contributed by atoms with Crippen molar-refractivity contribution in [2.45, 2.75) is 53.4 Å². The van der Waals surface area contributed by atoms with Gasteiger partial charge >= 0.3 is 7.60 Å². The summed E-state index contributed by atoms with van der Waals surface area (Å²) in [4.78, 5) is 29.0. The first-order valence-electron chi connectivity index (χ1n) is 7.39. The van der Waals surface area contributed by atoms with Gasteiger partial charge < -0.3 is 15.1 Å². The molecule has 0 aliphatic heterocycles. The van der Waals surface area contributed by atoms with Crippen molar-refractivity contribution in [1.82, 2.24) is 5.32 Å². The van der Waals surface area contributed by atoms with Crippen LogP contribution < -0.4 is 5.32 Å². The van der Waals surface area contributed by atoms with Gasteiger partial charge in [0, 0.05) is 0 Å². The second kappa shape index (κ2) is 10.5. The second-order valence-corrected chi connectivity index (χ2v) is 7.31. The Labute approximate surface area is 133 Å². The Morgan fingerprint density at radius 3 is 2.14 bits per heavy atom. The molecule has 126 valence electrons. The average molecular weight is 329 g/mol. The molecular weight excluding hydrogens is 301 g/mol. The molecule has 0 unspecified atom stereocenters. The summed E-state index contributed by atoms with van der Waals surface area (Å²) >= 11 is 0. The van der Waals surface area contributed by atoms with E-state index >= 15 is 0 Å². The van der Waals surface area contributed by atoms with Gasteiger partial charge in [-0.25, -0.2) is 0 Å². The standard InChI is InChI=1S/C16H28NO4P/c1-13(2)7-5-8-14(3)9-6-10-15(4)16(11-17-12-18)22(19,20)21/h7,9,12H,5-6,8,10-11H2,1-4H3,(H,17,18)(H2,19,20,21). The fourth-order valence-electron chi connectivity index (χ4n) is 2.01. The van der Waals surface area contributed by atoms with E-state index in [4.69, 9.17) is 0 Å². The quantitative estimate of drug-likeness (QED) is 0.324. The number of hydrogen-bond donors (Lipinski definition) is 3. The molecule has 0 aliphatic rings. The molecule has 0 heterocycles. The van der Waals surface area contributed by atoms with E-state index in [2.05, 4.69) is 38.2 Å². The number of rotatable bonds is 10. The predicted octanol–water partition coefficient (Wildman–Crippen LogP) is 3.66. The van der Waals surface area contributed by atoms with Crippen LogP contribution in [0.3, 0.4) is 0 Å². The van der Waals surface area contributed by atoms with E-state index in [9.17, 15) is 19.1 Å². The van der Waals surface area contributed by atoms with Crippen molar-refractivity contribution < 1.29 is 19.1 Å². The van der Waals surface area contributed by atoms with Crippen molar-refractivity contribution in [3.8, 4) is 0 Å². The molecule has 0 spiro atoms. The predicted molar refractivity (Wildman–Crippen MR) is 90.5 cm³/mol. The van der Waals surface area contributed by atoms with E-state index in [1.165, 1.54) is 11.1 Å². The van der Waals surface area contributed by atoms with Crippen molar-refractivity contribution in [3.05, 3.63) is 34.2 Å². The molecule has 6 heteroatoms. The van der Waals surface area contributed by atoms with Crippen LogP contribution in [0.25, 0.3) is 0 Å². The van der Waals surface area contributed by atoms with Crippen molar-refractivity contribution in [2.75, 3.05) is 6.54 Å². The summed E-state index contributed by atoms with van der Waals surface area (Å²) in [6, 6.07) is 0. The lowest BCUT2D eigenvalue weighted by Crippen LogP contribution is -2.15. The Balaban J connectivity index is 4.63. The zero-order valence-corrected chi connectivity index (χ0v) is 14.8. The van der Waals surface area contributed by atoms with Crippen LogP contribution in [-0.4, -0.2) is 22.7 Å². The van der Waals surface area contributed by atoms with Crippen LogP contribution in [0.15, 0.2) is 34.2 Å². The molecule has 0 bridgehead atoms. The van der Waals surface area contributed by atoms with Gasteiger partial charge in [-0.3, -0.25) is 9.36 Å². The van der Waals surface area contributed by atoms with Crippen LogP contribution in [0.2, 0.25) is 0 Å². The Kier molecular flexibility index (Phi) is 9.99. The molecule has 0 aromatic heterocycles. The third-order valence-corrected chi connectivity index (χ3v) is 4.54. The molecule has 0 aromatic rings. The third kappa shape index (κ3) is 9.72. The first-order valence-corrected chi connectivity index (χ1v) is 9.00. The first-order chi connectivity index (χ1) is 10.2. The minimum Gasteiger partial charge on any atom is -0.354 e. The fourth-order valence-corrected chi connectivity index (χ4v) is 2.92.